The fourth-order valence-electron chi connectivity index (χ4n) is 7.44. The molecule has 3 N–H and O–H groups in total. The van der Waals surface area contributed by atoms with Crippen molar-refractivity contribution in [3.05, 3.63) is 64.1 Å². The molecule has 0 radical (unpaired) electrons. The van der Waals surface area contributed by atoms with E-state index in [4.69, 9.17) is 18.9 Å². The summed E-state index contributed by atoms with van der Waals surface area (Å²) in [6.45, 7) is 9.11. The summed E-state index contributed by atoms with van der Waals surface area (Å²) in [7, 11) is 0. The molecule has 2 aromatic carbocycles. The summed E-state index contributed by atoms with van der Waals surface area (Å²) in [4.78, 5) is 64.6. The number of alkyl carbamates (subject to hydrolysis) is 1. The van der Waals surface area contributed by atoms with Crippen LogP contribution in [0.2, 0.25) is 0 Å². The quantitative estimate of drug-likeness (QED) is 0.0543. The van der Waals surface area contributed by atoms with Crippen molar-refractivity contribution >= 4 is 46.0 Å². The van der Waals surface area contributed by atoms with Crippen LogP contribution in [-0.2, 0) is 41.6 Å². The third kappa shape index (κ3) is 17.0. The SMILES string of the molecule is CCCCCCCOC(=O)C1CCC(CNC(=O)[C@H](Cc2ccc(OC(=O)OCc3ccccc3Br)cc2)NC(=O)C2CCC(CNC(=O)OC(C)(C)C)CC2)CC1. The number of esters is 1. The summed E-state index contributed by atoms with van der Waals surface area (Å²) in [5, 5.41) is 8.98. The van der Waals surface area contributed by atoms with Crippen LogP contribution in [0.15, 0.2) is 53.0 Å². The Morgan fingerprint density at radius 3 is 2.02 bits per heavy atom. The molecule has 3 amide bonds. The maximum atomic E-state index is 13.8. The number of benzene rings is 2. The van der Waals surface area contributed by atoms with Crippen molar-refractivity contribution in [2.45, 2.75) is 136 Å². The van der Waals surface area contributed by atoms with Crippen molar-refractivity contribution in [1.82, 2.24) is 16.0 Å². The maximum Gasteiger partial charge on any atom is 0.514 e. The Labute approximate surface area is 352 Å². The fraction of sp³-hybridized carbons (Fsp3) is 0.622. The van der Waals surface area contributed by atoms with Crippen LogP contribution in [0.25, 0.3) is 0 Å². The molecule has 13 heteroatoms. The third-order valence-electron chi connectivity index (χ3n) is 10.9. The zero-order valence-corrected chi connectivity index (χ0v) is 36.4. The Bertz CT molecular complexity index is 1610. The minimum absolute atomic E-state index is 0.0483. The van der Waals surface area contributed by atoms with Gasteiger partial charge in [0.1, 0.15) is 24.0 Å². The predicted octanol–water partition coefficient (Wildman–Crippen LogP) is 8.96. The Morgan fingerprint density at radius 2 is 1.38 bits per heavy atom. The van der Waals surface area contributed by atoms with Crippen LogP contribution in [0.5, 0.6) is 5.75 Å². The number of nitrogens with one attached hydrogen (secondary N) is 3. The fourth-order valence-corrected chi connectivity index (χ4v) is 7.84. The largest absolute Gasteiger partial charge is 0.514 e. The molecule has 58 heavy (non-hydrogen) atoms. The maximum absolute atomic E-state index is 13.8. The number of carbonyl (C=O) groups excluding carboxylic acids is 5. The van der Waals surface area contributed by atoms with E-state index in [1.165, 1.54) is 19.3 Å². The van der Waals surface area contributed by atoms with Crippen molar-refractivity contribution in [1.29, 1.82) is 0 Å². The molecule has 12 nitrogen and oxygen atoms in total. The molecule has 0 aliphatic heterocycles. The second kappa shape index (κ2) is 24.1. The number of hydrogen-bond acceptors (Lipinski definition) is 9. The van der Waals surface area contributed by atoms with Gasteiger partial charge in [0.2, 0.25) is 11.8 Å². The highest BCUT2D eigenvalue weighted by Crippen LogP contribution is 2.31. The highest BCUT2D eigenvalue weighted by Gasteiger charge is 2.32. The van der Waals surface area contributed by atoms with Gasteiger partial charge in [-0.3, -0.25) is 14.4 Å². The van der Waals surface area contributed by atoms with Crippen LogP contribution in [0, 0.1) is 23.7 Å². The molecule has 4 rings (SSSR count). The molecule has 0 bridgehead atoms. The normalized spacial score (nSPS) is 19.9. The Morgan fingerprint density at radius 1 is 0.759 bits per heavy atom. The van der Waals surface area contributed by atoms with Crippen molar-refractivity contribution in [2.75, 3.05) is 19.7 Å². The average molecular weight is 871 g/mol. The first-order valence-electron chi connectivity index (χ1n) is 21.2. The summed E-state index contributed by atoms with van der Waals surface area (Å²) in [5.74, 6) is -0.155. The topological polar surface area (TPSA) is 158 Å². The van der Waals surface area contributed by atoms with Gasteiger partial charge in [-0.1, -0.05) is 78.9 Å². The summed E-state index contributed by atoms with van der Waals surface area (Å²) in [6, 6.07) is 13.4. The summed E-state index contributed by atoms with van der Waals surface area (Å²) >= 11 is 3.44. The monoisotopic (exact) mass is 869 g/mol. The van der Waals surface area contributed by atoms with E-state index in [0.29, 0.717) is 32.5 Å². The highest BCUT2D eigenvalue weighted by atomic mass is 79.9. The van der Waals surface area contributed by atoms with E-state index in [1.807, 2.05) is 45.0 Å². The number of hydrogen-bond donors (Lipinski definition) is 3. The minimum atomic E-state index is -0.841. The van der Waals surface area contributed by atoms with Gasteiger partial charge in [0.15, 0.2) is 0 Å². The molecule has 2 aliphatic rings. The summed E-state index contributed by atoms with van der Waals surface area (Å²) in [5.41, 5.74) is 1.01. The van der Waals surface area contributed by atoms with Gasteiger partial charge < -0.3 is 34.9 Å². The van der Waals surface area contributed by atoms with E-state index in [9.17, 15) is 24.0 Å². The number of rotatable bonds is 19. The van der Waals surface area contributed by atoms with Gasteiger partial charge in [-0.2, -0.15) is 0 Å². The van der Waals surface area contributed by atoms with E-state index in [2.05, 4.69) is 38.8 Å². The standard InChI is InChI=1S/C45H64BrN3O9/c1-5-6-7-8-11-26-55-42(52)35-22-16-32(17-23-35)28-47-41(51)39(49-40(50)34-20-14-33(15-21-34)29-48-43(53)58-45(2,3)4)27-31-18-24-37(25-19-31)57-44(54)56-30-36-12-9-10-13-38(36)46/h9-10,12-13,18-19,24-25,32-35,39H,5-8,11,14-17,20-23,26-30H2,1-4H3,(H,47,51)(H,48,53)(H,49,50)/t32?,33?,34?,35?,39-/m0/s1. The van der Waals surface area contributed by atoms with Crippen molar-refractivity contribution in [2.24, 2.45) is 23.7 Å². The van der Waals surface area contributed by atoms with Crippen LogP contribution < -0.4 is 20.7 Å². The third-order valence-corrected chi connectivity index (χ3v) is 11.7. The first-order valence-corrected chi connectivity index (χ1v) is 22.0. The molecular formula is C45H64BrN3O9. The van der Waals surface area contributed by atoms with Gasteiger partial charge in [-0.15, -0.1) is 0 Å². The predicted molar refractivity (Wildman–Crippen MR) is 225 cm³/mol. The van der Waals surface area contributed by atoms with E-state index < -0.39 is 23.9 Å². The molecule has 2 saturated carbocycles. The van der Waals surface area contributed by atoms with Crippen molar-refractivity contribution in [3.63, 3.8) is 0 Å². The molecule has 0 aromatic heterocycles. The van der Waals surface area contributed by atoms with Gasteiger partial charge in [0, 0.05) is 35.5 Å². The smallest absolute Gasteiger partial charge is 0.465 e. The summed E-state index contributed by atoms with van der Waals surface area (Å²) < 4.78 is 22.4. The van der Waals surface area contributed by atoms with Crippen LogP contribution in [0.1, 0.15) is 122 Å². The first-order chi connectivity index (χ1) is 27.8. The van der Waals surface area contributed by atoms with Gasteiger partial charge in [0.05, 0.1) is 12.5 Å². The van der Waals surface area contributed by atoms with Crippen LogP contribution in [0.4, 0.5) is 9.59 Å². The lowest BCUT2D eigenvalue weighted by molar-refractivity contribution is -0.150. The van der Waals surface area contributed by atoms with E-state index >= 15 is 0 Å². The highest BCUT2D eigenvalue weighted by molar-refractivity contribution is 9.10. The van der Waals surface area contributed by atoms with Gasteiger partial charge in [-0.25, -0.2) is 9.59 Å². The number of halogens is 1. The summed E-state index contributed by atoms with van der Waals surface area (Å²) in [6.07, 6.45) is 10.4. The molecule has 2 aliphatic carbocycles. The van der Waals surface area contributed by atoms with Gasteiger partial charge >= 0.3 is 18.2 Å². The molecule has 320 valence electrons. The lowest BCUT2D eigenvalue weighted by atomic mass is 9.81. The van der Waals surface area contributed by atoms with Crippen LogP contribution >= 0.6 is 15.9 Å². The number of carbonyl (C=O) groups is 5. The lowest BCUT2D eigenvalue weighted by Gasteiger charge is -2.30. The van der Waals surface area contributed by atoms with Crippen molar-refractivity contribution < 1.29 is 42.9 Å². The molecule has 2 fully saturated rings. The van der Waals surface area contributed by atoms with E-state index in [-0.39, 0.29) is 60.2 Å². The molecule has 0 heterocycles. The molecule has 1 atom stereocenters. The zero-order valence-electron chi connectivity index (χ0n) is 34.8. The molecule has 0 unspecified atom stereocenters. The zero-order chi connectivity index (χ0) is 41.9. The molecule has 0 saturated heterocycles. The Balaban J connectivity index is 1.29. The second-order valence-corrected chi connectivity index (χ2v) is 17.6. The van der Waals surface area contributed by atoms with Gasteiger partial charge in [-0.05, 0) is 114 Å². The lowest BCUT2D eigenvalue weighted by Crippen LogP contribution is -2.51. The van der Waals surface area contributed by atoms with E-state index in [1.54, 1.807) is 24.3 Å². The number of unbranched alkanes of at least 4 members (excludes halogenated alkanes) is 4. The average Bonchev–Trinajstić information content (AvgIpc) is 3.20. The van der Waals surface area contributed by atoms with E-state index in [0.717, 1.165) is 67.0 Å². The number of amides is 3. The van der Waals surface area contributed by atoms with Gasteiger partial charge in [0.25, 0.3) is 0 Å². The second-order valence-electron chi connectivity index (χ2n) is 16.8. The number of ether oxygens (including phenoxy) is 4. The molecular weight excluding hydrogens is 806 g/mol. The van der Waals surface area contributed by atoms with Crippen molar-refractivity contribution in [3.8, 4) is 5.75 Å². The molecule has 2 aromatic rings. The van der Waals surface area contributed by atoms with Crippen LogP contribution in [0.3, 0.4) is 0 Å². The minimum Gasteiger partial charge on any atom is -0.465 e. The Hall–Kier alpha value is -4.13. The van der Waals surface area contributed by atoms with Crippen LogP contribution in [-0.4, -0.2) is 61.4 Å². The molecule has 0 spiro atoms. The first kappa shape index (κ1) is 46.6. The Kier molecular flexibility index (Phi) is 19.3.